The van der Waals surface area contributed by atoms with E-state index in [0.29, 0.717) is 0 Å². The van der Waals surface area contributed by atoms with Crippen LogP contribution in [-0.4, -0.2) is 23.0 Å². The number of carbonyl (C=O) groups excluding carboxylic acids is 1. The van der Waals surface area contributed by atoms with E-state index in [1.807, 2.05) is 0 Å². The minimum Gasteiger partial charge on any atom is -0.463 e. The maximum atomic E-state index is 10.8. The Hall–Kier alpha value is -1.85. The second-order valence-electron chi connectivity index (χ2n) is 2.01. The molecule has 6 heteroatoms. The van der Waals surface area contributed by atoms with E-state index in [1.54, 1.807) is 0 Å². The van der Waals surface area contributed by atoms with E-state index in [4.69, 9.17) is 5.73 Å². The second-order valence-corrected chi connectivity index (χ2v) is 2.01. The molecule has 3 N–H and O–H groups in total. The molecule has 0 fully saturated rings. The fourth-order valence-electron chi connectivity index (χ4n) is 0.670. The molecule has 1 rings (SSSR count). The van der Waals surface area contributed by atoms with Crippen molar-refractivity contribution in [3.05, 3.63) is 22.2 Å². The lowest BCUT2D eigenvalue weighted by molar-refractivity contribution is 0.0586. The maximum absolute atomic E-state index is 10.8. The highest BCUT2D eigenvalue weighted by molar-refractivity contribution is 5.85. The first kappa shape index (κ1) is 8.25. The SMILES string of the molecule is COC(=O)c1nc(N)cc(=O)[nH]1. The smallest absolute Gasteiger partial charge is 0.374 e. The van der Waals surface area contributed by atoms with Gasteiger partial charge in [0.15, 0.2) is 0 Å². The molecule has 64 valence electrons. The number of nitrogens with two attached hydrogens (primary N) is 1. The van der Waals surface area contributed by atoms with Gasteiger partial charge in [-0.1, -0.05) is 0 Å². The topological polar surface area (TPSA) is 98.1 Å². The summed E-state index contributed by atoms with van der Waals surface area (Å²) in [6, 6.07) is 1.08. The lowest BCUT2D eigenvalue weighted by Gasteiger charge is -1.97. The molecule has 0 radical (unpaired) electrons. The van der Waals surface area contributed by atoms with Gasteiger partial charge in [-0.3, -0.25) is 4.79 Å². The van der Waals surface area contributed by atoms with Gasteiger partial charge in [0.05, 0.1) is 7.11 Å². The Kier molecular flexibility index (Phi) is 2.09. The summed E-state index contributed by atoms with van der Waals surface area (Å²) in [5.74, 6) is -0.930. The van der Waals surface area contributed by atoms with E-state index in [0.717, 1.165) is 6.07 Å². The van der Waals surface area contributed by atoms with Crippen molar-refractivity contribution < 1.29 is 9.53 Å². The fourth-order valence-corrected chi connectivity index (χ4v) is 0.670. The average molecular weight is 169 g/mol. The first-order chi connectivity index (χ1) is 5.63. The minimum atomic E-state index is -0.723. The first-order valence-electron chi connectivity index (χ1n) is 3.08. The predicted octanol–water partition coefficient (Wildman–Crippen LogP) is -0.861. The molecule has 0 bridgehead atoms. The van der Waals surface area contributed by atoms with E-state index in [2.05, 4.69) is 14.7 Å². The van der Waals surface area contributed by atoms with Crippen LogP contribution in [0.3, 0.4) is 0 Å². The van der Waals surface area contributed by atoms with E-state index in [1.165, 1.54) is 7.11 Å². The number of hydrogen-bond acceptors (Lipinski definition) is 5. The Morgan fingerprint density at radius 2 is 2.42 bits per heavy atom. The van der Waals surface area contributed by atoms with E-state index in [9.17, 15) is 9.59 Å². The van der Waals surface area contributed by atoms with Crippen LogP contribution in [0.15, 0.2) is 10.9 Å². The van der Waals surface area contributed by atoms with Crippen LogP contribution in [0.5, 0.6) is 0 Å². The molecule has 12 heavy (non-hydrogen) atoms. The van der Waals surface area contributed by atoms with Crippen molar-refractivity contribution in [1.29, 1.82) is 0 Å². The Labute approximate surface area is 67.4 Å². The van der Waals surface area contributed by atoms with Gasteiger partial charge in [-0.05, 0) is 0 Å². The second kappa shape index (κ2) is 3.04. The largest absolute Gasteiger partial charge is 0.463 e. The van der Waals surface area contributed by atoms with Gasteiger partial charge in [-0.15, -0.1) is 0 Å². The number of nitrogens with zero attached hydrogens (tertiary/aromatic N) is 1. The quantitative estimate of drug-likeness (QED) is 0.533. The molecule has 0 aliphatic rings. The van der Waals surface area contributed by atoms with Gasteiger partial charge in [-0.25, -0.2) is 9.78 Å². The van der Waals surface area contributed by atoms with Crippen LogP contribution in [0.2, 0.25) is 0 Å². The zero-order chi connectivity index (χ0) is 9.14. The van der Waals surface area contributed by atoms with E-state index >= 15 is 0 Å². The molecule has 0 saturated carbocycles. The number of esters is 1. The monoisotopic (exact) mass is 169 g/mol. The number of nitrogen functional groups attached to an aromatic ring is 1. The molecule has 6 nitrogen and oxygen atoms in total. The third-order valence-electron chi connectivity index (χ3n) is 1.14. The van der Waals surface area contributed by atoms with Gasteiger partial charge >= 0.3 is 5.97 Å². The highest BCUT2D eigenvalue weighted by Crippen LogP contribution is 1.93. The van der Waals surface area contributed by atoms with Crippen molar-refractivity contribution in [2.45, 2.75) is 0 Å². The molecule has 1 aromatic rings. The summed E-state index contributed by atoms with van der Waals surface area (Å²) in [7, 11) is 1.19. The minimum absolute atomic E-state index is 0.0147. The summed E-state index contributed by atoms with van der Waals surface area (Å²) in [6.07, 6.45) is 0. The summed E-state index contributed by atoms with van der Waals surface area (Å²) in [5.41, 5.74) is 4.73. The molecule has 1 heterocycles. The normalized spacial score (nSPS) is 9.42. The van der Waals surface area contributed by atoms with Crippen LogP contribution in [0.1, 0.15) is 10.6 Å². The van der Waals surface area contributed by atoms with Crippen molar-refractivity contribution in [1.82, 2.24) is 9.97 Å². The van der Waals surface area contributed by atoms with Gasteiger partial charge in [0.1, 0.15) is 5.82 Å². The number of carbonyl (C=O) groups is 1. The molecular formula is C6H7N3O3. The molecular weight excluding hydrogens is 162 g/mol. The molecule has 0 amide bonds. The Morgan fingerprint density at radius 3 is 2.92 bits per heavy atom. The lowest BCUT2D eigenvalue weighted by atomic mass is 10.5. The number of hydrogen-bond donors (Lipinski definition) is 2. The van der Waals surface area contributed by atoms with Gasteiger partial charge in [0, 0.05) is 6.07 Å². The number of ether oxygens (including phenoxy) is 1. The number of anilines is 1. The third-order valence-corrected chi connectivity index (χ3v) is 1.14. The molecule has 0 aliphatic carbocycles. The van der Waals surface area contributed by atoms with Crippen molar-refractivity contribution in [2.75, 3.05) is 12.8 Å². The number of aromatic amines is 1. The molecule has 1 aromatic heterocycles. The molecule has 0 aliphatic heterocycles. The predicted molar refractivity (Wildman–Crippen MR) is 40.6 cm³/mol. The van der Waals surface area contributed by atoms with E-state index < -0.39 is 11.5 Å². The van der Waals surface area contributed by atoms with Crippen molar-refractivity contribution >= 4 is 11.8 Å². The number of aromatic nitrogens is 2. The fraction of sp³-hybridized carbons (Fsp3) is 0.167. The number of H-pyrrole nitrogens is 1. The Bertz CT molecular complexity index is 357. The number of nitrogens with one attached hydrogen (secondary N) is 1. The van der Waals surface area contributed by atoms with Gasteiger partial charge in [0.2, 0.25) is 5.82 Å². The number of rotatable bonds is 1. The van der Waals surface area contributed by atoms with Crippen LogP contribution < -0.4 is 11.3 Å². The zero-order valence-corrected chi connectivity index (χ0v) is 6.33. The molecule has 0 aromatic carbocycles. The molecule has 0 unspecified atom stereocenters. The molecule has 0 atom stereocenters. The highest BCUT2D eigenvalue weighted by Gasteiger charge is 2.08. The molecule has 0 saturated heterocycles. The standard InChI is InChI=1S/C6H7N3O3/c1-12-6(11)5-8-3(7)2-4(10)9-5/h2H,1H3,(H3,7,8,9,10). The summed E-state index contributed by atoms with van der Waals surface area (Å²) >= 11 is 0. The third kappa shape index (κ3) is 1.60. The van der Waals surface area contributed by atoms with Gasteiger partial charge in [-0.2, -0.15) is 0 Å². The summed E-state index contributed by atoms with van der Waals surface area (Å²) in [6.45, 7) is 0. The van der Waals surface area contributed by atoms with Crippen LogP contribution in [-0.2, 0) is 4.74 Å². The van der Waals surface area contributed by atoms with Crippen LogP contribution in [0.25, 0.3) is 0 Å². The summed E-state index contributed by atoms with van der Waals surface area (Å²) < 4.78 is 4.32. The molecule has 0 spiro atoms. The summed E-state index contributed by atoms with van der Waals surface area (Å²) in [4.78, 5) is 27.3. The Morgan fingerprint density at radius 1 is 1.75 bits per heavy atom. The zero-order valence-electron chi connectivity index (χ0n) is 6.33. The van der Waals surface area contributed by atoms with Crippen molar-refractivity contribution in [3.63, 3.8) is 0 Å². The Balaban J connectivity index is 3.17. The highest BCUT2D eigenvalue weighted by atomic mass is 16.5. The van der Waals surface area contributed by atoms with Gasteiger partial charge < -0.3 is 15.5 Å². The summed E-state index contributed by atoms with van der Waals surface area (Å²) in [5, 5.41) is 0. The van der Waals surface area contributed by atoms with Crippen LogP contribution >= 0.6 is 0 Å². The average Bonchev–Trinajstić information content (AvgIpc) is 2.01. The van der Waals surface area contributed by atoms with Gasteiger partial charge in [0.25, 0.3) is 5.56 Å². The van der Waals surface area contributed by atoms with E-state index in [-0.39, 0.29) is 11.6 Å². The first-order valence-corrected chi connectivity index (χ1v) is 3.08. The van der Waals surface area contributed by atoms with Crippen molar-refractivity contribution in [2.24, 2.45) is 0 Å². The number of methoxy groups -OCH3 is 1. The maximum Gasteiger partial charge on any atom is 0.374 e. The van der Waals surface area contributed by atoms with Crippen molar-refractivity contribution in [3.8, 4) is 0 Å². The van der Waals surface area contributed by atoms with Crippen LogP contribution in [0.4, 0.5) is 5.82 Å². The lowest BCUT2D eigenvalue weighted by Crippen LogP contribution is -2.17. The van der Waals surface area contributed by atoms with Crippen LogP contribution in [0, 0.1) is 0 Å².